The van der Waals surface area contributed by atoms with Crippen LogP contribution in [0.1, 0.15) is 18.4 Å². The van der Waals surface area contributed by atoms with Gasteiger partial charge in [-0.3, -0.25) is 9.59 Å². The highest BCUT2D eigenvalue weighted by Gasteiger charge is 2.33. The first kappa shape index (κ1) is 15.6. The van der Waals surface area contributed by atoms with Gasteiger partial charge in [0.15, 0.2) is 0 Å². The van der Waals surface area contributed by atoms with Gasteiger partial charge in [-0.2, -0.15) is 13.2 Å². The molecule has 1 aromatic rings. The van der Waals surface area contributed by atoms with E-state index in [1.807, 2.05) is 0 Å². The fourth-order valence-electron chi connectivity index (χ4n) is 2.07. The topological polar surface area (TPSA) is 49.4 Å². The number of amides is 2. The molecule has 0 radical (unpaired) electrons. The molecule has 4 nitrogen and oxygen atoms in total. The Balaban J connectivity index is 2.12. The first-order valence-corrected chi connectivity index (χ1v) is 6.64. The molecule has 0 atom stereocenters. The van der Waals surface area contributed by atoms with E-state index in [1.165, 1.54) is 11.0 Å². The second-order valence-electron chi connectivity index (χ2n) is 4.65. The molecule has 1 aliphatic rings. The molecule has 0 aromatic heterocycles. The van der Waals surface area contributed by atoms with Gasteiger partial charge in [-0.15, -0.1) is 0 Å². The van der Waals surface area contributed by atoms with Crippen LogP contribution in [0.25, 0.3) is 0 Å². The first-order valence-electron chi connectivity index (χ1n) is 6.26. The van der Waals surface area contributed by atoms with E-state index >= 15 is 0 Å². The van der Waals surface area contributed by atoms with Crippen LogP contribution in [0.2, 0.25) is 5.02 Å². The van der Waals surface area contributed by atoms with Gasteiger partial charge in [0.2, 0.25) is 0 Å². The van der Waals surface area contributed by atoms with Crippen LogP contribution in [-0.2, 0) is 15.8 Å². The van der Waals surface area contributed by atoms with Gasteiger partial charge in [0.25, 0.3) is 0 Å². The number of rotatable bonds is 1. The van der Waals surface area contributed by atoms with E-state index in [0.29, 0.717) is 19.2 Å². The highest BCUT2D eigenvalue weighted by atomic mass is 35.5. The maximum absolute atomic E-state index is 12.7. The Morgan fingerprint density at radius 3 is 2.38 bits per heavy atom. The van der Waals surface area contributed by atoms with Crippen LogP contribution in [0.4, 0.5) is 18.9 Å². The SMILES string of the molecule is O=C(Nc1ccc(Cl)c(C(F)(F)F)c1)C(=O)N1CCCC1. The maximum Gasteiger partial charge on any atom is 0.417 e. The van der Waals surface area contributed by atoms with Crippen molar-refractivity contribution >= 4 is 29.1 Å². The molecule has 1 saturated heterocycles. The molecule has 1 N–H and O–H groups in total. The molecular formula is C13H12ClF3N2O2. The molecular weight excluding hydrogens is 309 g/mol. The number of nitrogens with zero attached hydrogens (tertiary/aromatic N) is 1. The molecule has 0 saturated carbocycles. The van der Waals surface area contributed by atoms with Crippen LogP contribution in [0.5, 0.6) is 0 Å². The van der Waals surface area contributed by atoms with Crippen molar-refractivity contribution in [2.24, 2.45) is 0 Å². The van der Waals surface area contributed by atoms with E-state index in [2.05, 4.69) is 5.32 Å². The van der Waals surface area contributed by atoms with Crippen LogP contribution >= 0.6 is 11.6 Å². The van der Waals surface area contributed by atoms with Crippen molar-refractivity contribution in [3.05, 3.63) is 28.8 Å². The van der Waals surface area contributed by atoms with Crippen molar-refractivity contribution < 1.29 is 22.8 Å². The van der Waals surface area contributed by atoms with Crippen LogP contribution in [0, 0.1) is 0 Å². The molecule has 21 heavy (non-hydrogen) atoms. The lowest BCUT2D eigenvalue weighted by atomic mass is 10.2. The summed E-state index contributed by atoms with van der Waals surface area (Å²) in [6.45, 7) is 0.974. The molecule has 8 heteroatoms. The van der Waals surface area contributed by atoms with Gasteiger partial charge in [-0.05, 0) is 31.0 Å². The molecule has 0 bridgehead atoms. The number of benzene rings is 1. The Hall–Kier alpha value is -1.76. The van der Waals surface area contributed by atoms with E-state index in [-0.39, 0.29) is 5.69 Å². The zero-order valence-corrected chi connectivity index (χ0v) is 11.6. The summed E-state index contributed by atoms with van der Waals surface area (Å²) in [6.07, 6.45) is -2.99. The third kappa shape index (κ3) is 3.66. The van der Waals surface area contributed by atoms with E-state index < -0.39 is 28.6 Å². The van der Waals surface area contributed by atoms with Crippen LogP contribution in [-0.4, -0.2) is 29.8 Å². The predicted octanol–water partition coefficient (Wildman–Crippen LogP) is 2.92. The average molecular weight is 321 g/mol. The highest BCUT2D eigenvalue weighted by Crippen LogP contribution is 2.36. The Bertz CT molecular complexity index is 569. The van der Waals surface area contributed by atoms with Gasteiger partial charge in [0, 0.05) is 18.8 Å². The zero-order chi connectivity index (χ0) is 15.6. The van der Waals surface area contributed by atoms with Gasteiger partial charge < -0.3 is 10.2 Å². The summed E-state index contributed by atoms with van der Waals surface area (Å²) in [4.78, 5) is 24.9. The Labute approximate surface area is 123 Å². The maximum atomic E-state index is 12.7. The predicted molar refractivity (Wildman–Crippen MR) is 70.9 cm³/mol. The molecule has 0 spiro atoms. The van der Waals surface area contributed by atoms with E-state index in [1.54, 1.807) is 0 Å². The Kier molecular flexibility index (Phi) is 4.41. The fraction of sp³-hybridized carbons (Fsp3) is 0.385. The number of alkyl halides is 3. The van der Waals surface area contributed by atoms with Gasteiger partial charge in [0.05, 0.1) is 10.6 Å². The number of anilines is 1. The summed E-state index contributed by atoms with van der Waals surface area (Å²) in [5, 5.41) is 1.70. The third-order valence-electron chi connectivity index (χ3n) is 3.12. The molecule has 114 valence electrons. The van der Waals surface area contributed by atoms with E-state index in [4.69, 9.17) is 11.6 Å². The minimum atomic E-state index is -4.63. The number of hydrogen-bond acceptors (Lipinski definition) is 2. The van der Waals surface area contributed by atoms with Crippen molar-refractivity contribution in [2.45, 2.75) is 19.0 Å². The van der Waals surface area contributed by atoms with Gasteiger partial charge in [0.1, 0.15) is 0 Å². The fourth-order valence-corrected chi connectivity index (χ4v) is 2.29. The summed E-state index contributed by atoms with van der Waals surface area (Å²) < 4.78 is 38.1. The van der Waals surface area contributed by atoms with Crippen LogP contribution < -0.4 is 5.32 Å². The summed E-state index contributed by atoms with van der Waals surface area (Å²) >= 11 is 5.48. The van der Waals surface area contributed by atoms with Crippen molar-refractivity contribution in [2.75, 3.05) is 18.4 Å². The second kappa shape index (κ2) is 5.93. The third-order valence-corrected chi connectivity index (χ3v) is 3.45. The van der Waals surface area contributed by atoms with Gasteiger partial charge in [-0.1, -0.05) is 11.6 Å². The Morgan fingerprint density at radius 1 is 1.19 bits per heavy atom. The van der Waals surface area contributed by atoms with Crippen molar-refractivity contribution in [3.8, 4) is 0 Å². The number of carbonyl (C=O) groups is 2. The average Bonchev–Trinajstić information content (AvgIpc) is 2.92. The normalized spacial score (nSPS) is 15.1. The van der Waals surface area contributed by atoms with Gasteiger partial charge in [-0.25, -0.2) is 0 Å². The van der Waals surface area contributed by atoms with Crippen LogP contribution in [0.3, 0.4) is 0 Å². The standard InChI is InChI=1S/C13H12ClF3N2O2/c14-10-4-3-8(7-9(10)13(15,16)17)18-11(20)12(21)19-5-1-2-6-19/h3-4,7H,1-2,5-6H2,(H,18,20). The summed E-state index contributed by atoms with van der Waals surface area (Å²) in [5.41, 5.74) is -1.18. The number of likely N-dealkylation sites (tertiary alicyclic amines) is 1. The van der Waals surface area contributed by atoms with E-state index in [0.717, 1.165) is 18.9 Å². The first-order chi connectivity index (χ1) is 9.79. The van der Waals surface area contributed by atoms with E-state index in [9.17, 15) is 22.8 Å². The lowest BCUT2D eigenvalue weighted by molar-refractivity contribution is -0.142. The quantitative estimate of drug-likeness (QED) is 0.809. The molecule has 1 aromatic carbocycles. The smallest absolute Gasteiger partial charge is 0.334 e. The number of halogens is 4. The minimum absolute atomic E-state index is 0.121. The van der Waals surface area contributed by atoms with Crippen molar-refractivity contribution in [1.82, 2.24) is 4.90 Å². The summed E-state index contributed by atoms with van der Waals surface area (Å²) in [6, 6.07) is 2.95. The molecule has 1 fully saturated rings. The second-order valence-corrected chi connectivity index (χ2v) is 5.05. The number of hydrogen-bond donors (Lipinski definition) is 1. The summed E-state index contributed by atoms with van der Waals surface area (Å²) in [7, 11) is 0. The Morgan fingerprint density at radius 2 is 1.81 bits per heavy atom. The molecule has 2 amide bonds. The lowest BCUT2D eigenvalue weighted by Gasteiger charge is -2.15. The van der Waals surface area contributed by atoms with Crippen molar-refractivity contribution in [3.63, 3.8) is 0 Å². The molecule has 1 heterocycles. The number of nitrogens with one attached hydrogen (secondary N) is 1. The van der Waals surface area contributed by atoms with Crippen molar-refractivity contribution in [1.29, 1.82) is 0 Å². The molecule has 1 aliphatic heterocycles. The summed E-state index contributed by atoms with van der Waals surface area (Å²) in [5.74, 6) is -1.69. The van der Waals surface area contributed by atoms with Gasteiger partial charge >= 0.3 is 18.0 Å². The largest absolute Gasteiger partial charge is 0.417 e. The minimum Gasteiger partial charge on any atom is -0.334 e. The number of carbonyl (C=O) groups excluding carboxylic acids is 2. The molecule has 0 unspecified atom stereocenters. The van der Waals surface area contributed by atoms with Crippen LogP contribution in [0.15, 0.2) is 18.2 Å². The lowest BCUT2D eigenvalue weighted by Crippen LogP contribution is -2.37. The molecule has 0 aliphatic carbocycles. The highest BCUT2D eigenvalue weighted by molar-refractivity contribution is 6.39. The monoisotopic (exact) mass is 320 g/mol. The zero-order valence-electron chi connectivity index (χ0n) is 10.8. The molecule has 2 rings (SSSR count).